The first kappa shape index (κ1) is 27.3. The number of nitrogens with zero attached hydrogens (tertiary/aromatic N) is 1. The molecule has 1 amide bonds. The largest absolute Gasteiger partial charge is 0.477 e. The van der Waals surface area contributed by atoms with E-state index < -0.39 is 14.3 Å². The van der Waals surface area contributed by atoms with E-state index in [1.807, 2.05) is 29.2 Å². The summed E-state index contributed by atoms with van der Waals surface area (Å²) in [7, 11) is -1.87. The van der Waals surface area contributed by atoms with Crippen LogP contribution in [0.25, 0.3) is 10.1 Å². The number of carbonyl (C=O) groups excluding carboxylic acids is 1. The van der Waals surface area contributed by atoms with Gasteiger partial charge in [0.1, 0.15) is 4.88 Å². The summed E-state index contributed by atoms with van der Waals surface area (Å²) >= 11 is 1.29. The van der Waals surface area contributed by atoms with Gasteiger partial charge in [-0.3, -0.25) is 4.79 Å². The third-order valence-electron chi connectivity index (χ3n) is 8.88. The predicted molar refractivity (Wildman–Crippen MR) is 152 cm³/mol. The summed E-state index contributed by atoms with van der Waals surface area (Å²) in [6.07, 6.45) is 7.64. The van der Waals surface area contributed by atoms with Gasteiger partial charge in [-0.1, -0.05) is 45.9 Å². The van der Waals surface area contributed by atoms with E-state index in [1.165, 1.54) is 11.3 Å². The van der Waals surface area contributed by atoms with E-state index in [4.69, 9.17) is 4.43 Å². The molecule has 0 bridgehead atoms. The SMILES string of the molecule is CC1CCC(C(=O)N(c2c(C(=O)O)sc3ccccc23)[C@H]2CC[C@@H](O[Si](C)(C)C(C)(C)C)CC2)CC1. The smallest absolute Gasteiger partial charge is 0.348 e. The van der Waals surface area contributed by atoms with Crippen LogP contribution < -0.4 is 4.90 Å². The second-order valence-electron chi connectivity index (χ2n) is 12.6. The highest BCUT2D eigenvalue weighted by atomic mass is 32.1. The Morgan fingerprint density at radius 1 is 1.00 bits per heavy atom. The van der Waals surface area contributed by atoms with E-state index in [-0.39, 0.29) is 33.9 Å². The van der Waals surface area contributed by atoms with Crippen LogP contribution in [0.2, 0.25) is 18.1 Å². The third kappa shape index (κ3) is 5.58. The Morgan fingerprint density at radius 3 is 2.19 bits per heavy atom. The van der Waals surface area contributed by atoms with Crippen LogP contribution in [0.1, 0.15) is 88.7 Å². The normalized spacial score (nSPS) is 25.6. The number of hydrogen-bond acceptors (Lipinski definition) is 4. The number of benzene rings is 1. The van der Waals surface area contributed by atoms with E-state index in [0.717, 1.165) is 61.5 Å². The topological polar surface area (TPSA) is 66.8 Å². The van der Waals surface area contributed by atoms with Crippen LogP contribution in [0.4, 0.5) is 5.69 Å². The molecule has 0 saturated heterocycles. The Bertz CT molecular complexity index is 1090. The van der Waals surface area contributed by atoms with E-state index >= 15 is 0 Å². The number of anilines is 1. The van der Waals surface area contributed by atoms with Crippen LogP contribution in [0.5, 0.6) is 0 Å². The summed E-state index contributed by atoms with van der Waals surface area (Å²) in [5.74, 6) is -0.192. The van der Waals surface area contributed by atoms with Crippen molar-refractivity contribution < 1.29 is 19.1 Å². The minimum Gasteiger partial charge on any atom is -0.477 e. The zero-order chi connectivity index (χ0) is 26.3. The number of carboxylic acids is 1. The molecule has 1 aromatic carbocycles. The zero-order valence-corrected chi connectivity index (χ0v) is 24.6. The molecule has 2 aliphatic rings. The van der Waals surface area contributed by atoms with E-state index in [9.17, 15) is 14.7 Å². The highest BCUT2D eigenvalue weighted by molar-refractivity contribution is 7.21. The van der Waals surface area contributed by atoms with Crippen molar-refractivity contribution in [2.45, 2.75) is 109 Å². The maximum atomic E-state index is 14.2. The average molecular weight is 530 g/mol. The molecule has 0 radical (unpaired) electrons. The molecule has 198 valence electrons. The summed E-state index contributed by atoms with van der Waals surface area (Å²) in [4.78, 5) is 28.8. The summed E-state index contributed by atoms with van der Waals surface area (Å²) in [5, 5.41) is 11.2. The standard InChI is InChI=1S/C29H43NO4SSi/c1-19-11-13-20(14-12-19)27(31)30(25-23-9-7-8-10-24(23)35-26(25)28(32)33)21-15-17-22(18-16-21)34-36(5,6)29(2,3)4/h7-10,19-22H,11-18H2,1-6H3,(H,32,33)/t19?,20?,21-,22+. The fourth-order valence-corrected chi connectivity index (χ4v) is 8.06. The van der Waals surface area contributed by atoms with E-state index in [0.29, 0.717) is 11.6 Å². The first-order chi connectivity index (χ1) is 16.9. The highest BCUT2D eigenvalue weighted by Gasteiger charge is 2.42. The molecule has 2 fully saturated rings. The van der Waals surface area contributed by atoms with Crippen LogP contribution in [0.15, 0.2) is 24.3 Å². The van der Waals surface area contributed by atoms with Crippen LogP contribution in [-0.2, 0) is 9.22 Å². The molecular weight excluding hydrogens is 486 g/mol. The monoisotopic (exact) mass is 529 g/mol. The minimum atomic E-state index is -1.87. The van der Waals surface area contributed by atoms with Crippen molar-refractivity contribution in [2.75, 3.05) is 4.90 Å². The van der Waals surface area contributed by atoms with Gasteiger partial charge in [0, 0.05) is 28.1 Å². The van der Waals surface area contributed by atoms with Gasteiger partial charge in [-0.15, -0.1) is 11.3 Å². The molecular formula is C29H43NO4SSi. The molecule has 5 nitrogen and oxygen atoms in total. The summed E-state index contributed by atoms with van der Waals surface area (Å²) < 4.78 is 7.65. The lowest BCUT2D eigenvalue weighted by molar-refractivity contribution is -0.124. The summed E-state index contributed by atoms with van der Waals surface area (Å²) in [6, 6.07) is 7.83. The Hall–Kier alpha value is -1.70. The molecule has 7 heteroatoms. The molecule has 0 atom stereocenters. The first-order valence-electron chi connectivity index (χ1n) is 13.6. The van der Waals surface area contributed by atoms with Crippen molar-refractivity contribution in [1.29, 1.82) is 0 Å². The predicted octanol–water partition coefficient (Wildman–Crippen LogP) is 8.09. The molecule has 0 unspecified atom stereocenters. The van der Waals surface area contributed by atoms with Gasteiger partial charge in [-0.05, 0) is 81.5 Å². The maximum Gasteiger partial charge on any atom is 0.348 e. The van der Waals surface area contributed by atoms with Gasteiger partial charge in [-0.25, -0.2) is 4.79 Å². The molecule has 1 aromatic heterocycles. The fraction of sp³-hybridized carbons (Fsp3) is 0.655. The molecule has 2 aliphatic carbocycles. The van der Waals surface area contributed by atoms with Gasteiger partial charge < -0.3 is 14.4 Å². The summed E-state index contributed by atoms with van der Waals surface area (Å²) in [5.41, 5.74) is 0.625. The van der Waals surface area contributed by atoms with E-state index in [1.54, 1.807) is 0 Å². The van der Waals surface area contributed by atoms with Gasteiger partial charge in [0.25, 0.3) is 0 Å². The zero-order valence-electron chi connectivity index (χ0n) is 22.8. The number of aromatic carboxylic acids is 1. The van der Waals surface area contributed by atoms with E-state index in [2.05, 4.69) is 40.8 Å². The Labute approximate surface area is 221 Å². The lowest BCUT2D eigenvalue weighted by Crippen LogP contribution is -2.49. The van der Waals surface area contributed by atoms with Crippen LogP contribution in [-0.4, -0.2) is 37.4 Å². The molecule has 0 aliphatic heterocycles. The number of hydrogen-bond donors (Lipinski definition) is 1. The number of thiophene rings is 1. The van der Waals surface area contributed by atoms with Crippen molar-refractivity contribution in [3.8, 4) is 0 Å². The number of carbonyl (C=O) groups is 2. The van der Waals surface area contributed by atoms with Gasteiger partial charge in [0.15, 0.2) is 8.32 Å². The number of carboxylic acid groups (broad SMARTS) is 1. The molecule has 36 heavy (non-hydrogen) atoms. The third-order valence-corrected chi connectivity index (χ3v) is 14.6. The molecule has 1 heterocycles. The Kier molecular flexibility index (Phi) is 8.03. The lowest BCUT2D eigenvalue weighted by atomic mass is 9.81. The van der Waals surface area contributed by atoms with Crippen molar-refractivity contribution in [3.63, 3.8) is 0 Å². The van der Waals surface area contributed by atoms with Crippen molar-refractivity contribution in [1.82, 2.24) is 0 Å². The van der Waals surface area contributed by atoms with Crippen molar-refractivity contribution in [3.05, 3.63) is 29.1 Å². The molecule has 1 N–H and O–H groups in total. The quantitative estimate of drug-likeness (QED) is 0.384. The second-order valence-corrected chi connectivity index (χ2v) is 18.4. The Morgan fingerprint density at radius 2 is 1.61 bits per heavy atom. The average Bonchev–Trinajstić information content (AvgIpc) is 3.19. The molecule has 2 saturated carbocycles. The van der Waals surface area contributed by atoms with Crippen molar-refractivity contribution in [2.24, 2.45) is 11.8 Å². The first-order valence-corrected chi connectivity index (χ1v) is 17.4. The second kappa shape index (κ2) is 10.6. The van der Waals surface area contributed by atoms with Gasteiger partial charge in [-0.2, -0.15) is 0 Å². The summed E-state index contributed by atoms with van der Waals surface area (Å²) in [6.45, 7) is 13.7. The highest BCUT2D eigenvalue weighted by Crippen LogP contribution is 2.44. The lowest BCUT2D eigenvalue weighted by Gasteiger charge is -2.43. The number of fused-ring (bicyclic) bond motifs is 1. The van der Waals surface area contributed by atoms with Crippen molar-refractivity contribution >= 4 is 47.3 Å². The van der Waals surface area contributed by atoms with Gasteiger partial charge in [0.2, 0.25) is 5.91 Å². The number of amides is 1. The molecule has 4 rings (SSSR count). The maximum absolute atomic E-state index is 14.2. The number of rotatable bonds is 6. The van der Waals surface area contributed by atoms with Crippen LogP contribution in [0.3, 0.4) is 0 Å². The molecule has 0 spiro atoms. The molecule has 2 aromatic rings. The van der Waals surface area contributed by atoms with Gasteiger partial charge >= 0.3 is 5.97 Å². The van der Waals surface area contributed by atoms with Crippen LogP contribution >= 0.6 is 11.3 Å². The minimum absolute atomic E-state index is 0.00669. The Balaban J connectivity index is 1.65. The van der Waals surface area contributed by atoms with Gasteiger partial charge in [0.05, 0.1) is 5.69 Å². The fourth-order valence-electron chi connectivity index (χ4n) is 5.61. The van der Waals surface area contributed by atoms with Crippen LogP contribution in [0, 0.1) is 11.8 Å².